The van der Waals surface area contributed by atoms with Crippen molar-refractivity contribution in [3.05, 3.63) is 93.7 Å². The number of benzene rings is 2. The Morgan fingerprint density at radius 2 is 1.72 bits per heavy atom. The SMILES string of the molecule is COc1c[nH]c(C(=O)N2CCNC(=O)c3ccc4nc(CC(C)C)n(c4c3)CCCNC(=O)[C@@H](C)NC(=O)[C@H](Cc3ccccc3)NC(=O)C2)cc1=O. The number of nitrogens with one attached hydrogen (secondary N) is 5. The molecule has 0 spiro atoms. The molecule has 2 bridgehead atoms. The number of aromatic amines is 1. The molecule has 0 unspecified atom stereocenters. The van der Waals surface area contributed by atoms with Crippen molar-refractivity contribution in [2.24, 2.45) is 5.92 Å². The van der Waals surface area contributed by atoms with Gasteiger partial charge in [-0.25, -0.2) is 4.98 Å². The first-order valence-corrected chi connectivity index (χ1v) is 17.7. The van der Waals surface area contributed by atoms with Gasteiger partial charge in [0, 0.05) is 56.8 Å². The zero-order chi connectivity index (χ0) is 38.1. The minimum absolute atomic E-state index is 0.000728. The second-order valence-electron chi connectivity index (χ2n) is 13.4. The topological polar surface area (TPSA) is 197 Å². The predicted octanol–water partition coefficient (Wildman–Crippen LogP) is 1.56. The number of ether oxygens (including phenoxy) is 1. The number of hydrogen-bond acceptors (Lipinski definition) is 8. The summed E-state index contributed by atoms with van der Waals surface area (Å²) in [5.41, 5.74) is 2.00. The van der Waals surface area contributed by atoms with E-state index in [4.69, 9.17) is 9.72 Å². The molecule has 3 heterocycles. The van der Waals surface area contributed by atoms with Gasteiger partial charge in [-0.3, -0.25) is 28.8 Å². The second kappa shape index (κ2) is 17.5. The average Bonchev–Trinajstić information content (AvgIpc) is 3.47. The molecule has 0 fully saturated rings. The number of H-pyrrole nitrogens is 1. The molecule has 15 nitrogen and oxygen atoms in total. The van der Waals surface area contributed by atoms with Crippen LogP contribution in [-0.2, 0) is 33.8 Å². The zero-order valence-corrected chi connectivity index (χ0v) is 30.4. The smallest absolute Gasteiger partial charge is 0.270 e. The van der Waals surface area contributed by atoms with E-state index in [-0.39, 0.29) is 31.0 Å². The molecule has 2 aromatic carbocycles. The number of aromatic nitrogens is 3. The van der Waals surface area contributed by atoms with Crippen molar-refractivity contribution in [3.8, 4) is 5.75 Å². The summed E-state index contributed by atoms with van der Waals surface area (Å²) in [5.74, 6) is -1.54. The molecule has 0 aliphatic carbocycles. The number of aryl methyl sites for hydroxylation is 1. The summed E-state index contributed by atoms with van der Waals surface area (Å²) in [6, 6.07) is 13.4. The van der Waals surface area contributed by atoms with E-state index in [9.17, 15) is 28.8 Å². The molecule has 5 N–H and O–H groups in total. The van der Waals surface area contributed by atoms with Gasteiger partial charge in [0.05, 0.1) is 24.7 Å². The Balaban J connectivity index is 1.46. The van der Waals surface area contributed by atoms with Crippen molar-refractivity contribution in [1.29, 1.82) is 0 Å². The first kappa shape index (κ1) is 38.2. The molecule has 53 heavy (non-hydrogen) atoms. The van der Waals surface area contributed by atoms with Crippen LogP contribution in [0.15, 0.2) is 65.6 Å². The fourth-order valence-corrected chi connectivity index (χ4v) is 6.11. The van der Waals surface area contributed by atoms with Crippen LogP contribution in [0.5, 0.6) is 5.75 Å². The Hall–Kier alpha value is -5.99. The minimum Gasteiger partial charge on any atom is -0.491 e. The van der Waals surface area contributed by atoms with E-state index in [2.05, 4.69) is 44.7 Å². The lowest BCUT2D eigenvalue weighted by atomic mass is 10.0. The van der Waals surface area contributed by atoms with Gasteiger partial charge in [0.1, 0.15) is 23.6 Å². The van der Waals surface area contributed by atoms with E-state index in [0.29, 0.717) is 37.4 Å². The lowest BCUT2D eigenvalue weighted by molar-refractivity contribution is -0.132. The van der Waals surface area contributed by atoms with Crippen LogP contribution in [0.1, 0.15) is 59.4 Å². The average molecular weight is 727 g/mol. The molecule has 0 saturated heterocycles. The number of carbonyl (C=O) groups is 5. The number of hydrogen-bond donors (Lipinski definition) is 5. The van der Waals surface area contributed by atoms with Gasteiger partial charge >= 0.3 is 0 Å². The zero-order valence-electron chi connectivity index (χ0n) is 30.4. The van der Waals surface area contributed by atoms with Gasteiger partial charge in [0.15, 0.2) is 5.75 Å². The maximum Gasteiger partial charge on any atom is 0.270 e. The Morgan fingerprint density at radius 3 is 2.43 bits per heavy atom. The molecule has 15 heteroatoms. The van der Waals surface area contributed by atoms with Gasteiger partial charge in [-0.2, -0.15) is 0 Å². The number of pyridine rings is 1. The van der Waals surface area contributed by atoms with E-state index in [1.807, 2.05) is 18.2 Å². The number of fused-ring (bicyclic) bond motifs is 1. The highest BCUT2D eigenvalue weighted by molar-refractivity contribution is 5.98. The van der Waals surface area contributed by atoms with Crippen molar-refractivity contribution in [2.45, 2.75) is 58.7 Å². The summed E-state index contributed by atoms with van der Waals surface area (Å²) in [6.07, 6.45) is 2.64. The number of carbonyl (C=O) groups excluding carboxylic acids is 5. The third-order valence-electron chi connectivity index (χ3n) is 8.84. The predicted molar refractivity (Wildman–Crippen MR) is 197 cm³/mol. The summed E-state index contributed by atoms with van der Waals surface area (Å²) in [4.78, 5) is 88.7. The van der Waals surface area contributed by atoms with Gasteiger partial charge in [-0.15, -0.1) is 0 Å². The van der Waals surface area contributed by atoms with Crippen LogP contribution in [0.4, 0.5) is 0 Å². The highest BCUT2D eigenvalue weighted by Crippen LogP contribution is 2.21. The summed E-state index contributed by atoms with van der Waals surface area (Å²) in [6.45, 7) is 5.96. The first-order valence-electron chi connectivity index (χ1n) is 17.7. The van der Waals surface area contributed by atoms with Crippen LogP contribution in [0.2, 0.25) is 0 Å². The van der Waals surface area contributed by atoms with E-state index < -0.39 is 53.6 Å². The van der Waals surface area contributed by atoms with Crippen LogP contribution in [-0.4, -0.2) is 94.3 Å². The third-order valence-corrected chi connectivity index (χ3v) is 8.84. The number of rotatable bonds is 6. The number of imidazole rings is 1. The maximum atomic E-state index is 13.7. The van der Waals surface area contributed by atoms with Gasteiger partial charge in [-0.05, 0) is 43.0 Å². The normalized spacial score (nSPS) is 18.2. The Bertz CT molecular complexity index is 2020. The van der Waals surface area contributed by atoms with Gasteiger partial charge < -0.3 is 40.5 Å². The molecule has 280 valence electrons. The lowest BCUT2D eigenvalue weighted by Gasteiger charge is -2.25. The summed E-state index contributed by atoms with van der Waals surface area (Å²) in [7, 11) is 1.32. The van der Waals surface area contributed by atoms with E-state index in [0.717, 1.165) is 28.5 Å². The fourth-order valence-electron chi connectivity index (χ4n) is 6.11. The van der Waals surface area contributed by atoms with Crippen molar-refractivity contribution in [3.63, 3.8) is 0 Å². The molecular weight excluding hydrogens is 680 g/mol. The van der Waals surface area contributed by atoms with Crippen molar-refractivity contribution < 1.29 is 28.7 Å². The number of nitrogens with zero attached hydrogens (tertiary/aromatic N) is 3. The Kier molecular flexibility index (Phi) is 12.6. The summed E-state index contributed by atoms with van der Waals surface area (Å²) < 4.78 is 7.08. The first-order chi connectivity index (χ1) is 25.4. The van der Waals surface area contributed by atoms with E-state index in [1.54, 1.807) is 37.3 Å². The van der Waals surface area contributed by atoms with Crippen LogP contribution in [0, 0.1) is 5.92 Å². The molecule has 5 rings (SSSR count). The Morgan fingerprint density at radius 1 is 0.943 bits per heavy atom. The van der Waals surface area contributed by atoms with Crippen LogP contribution < -0.4 is 31.4 Å². The van der Waals surface area contributed by atoms with Crippen LogP contribution in [0.3, 0.4) is 0 Å². The van der Waals surface area contributed by atoms with E-state index >= 15 is 0 Å². The molecule has 1 aliphatic heterocycles. The van der Waals surface area contributed by atoms with Crippen LogP contribution >= 0.6 is 0 Å². The minimum atomic E-state index is -1.10. The quantitative estimate of drug-likeness (QED) is 0.197. The van der Waals surface area contributed by atoms with Gasteiger partial charge in [-0.1, -0.05) is 44.2 Å². The molecular formula is C38H46N8O7. The van der Waals surface area contributed by atoms with Crippen molar-refractivity contribution in [1.82, 2.24) is 40.7 Å². The fraction of sp³-hybridized carbons (Fsp3) is 0.395. The van der Waals surface area contributed by atoms with Gasteiger partial charge in [0.25, 0.3) is 11.8 Å². The van der Waals surface area contributed by atoms with Crippen molar-refractivity contribution in [2.75, 3.05) is 33.3 Å². The highest BCUT2D eigenvalue weighted by atomic mass is 16.5. The molecule has 0 saturated carbocycles. The third kappa shape index (κ3) is 9.87. The lowest BCUT2D eigenvalue weighted by Crippen LogP contribution is -2.55. The Labute approximate surface area is 306 Å². The molecule has 2 atom stereocenters. The molecule has 4 aromatic rings. The number of amides is 5. The van der Waals surface area contributed by atoms with Crippen LogP contribution in [0.25, 0.3) is 11.0 Å². The highest BCUT2D eigenvalue weighted by Gasteiger charge is 2.27. The van der Waals surface area contributed by atoms with E-state index in [1.165, 1.54) is 18.2 Å². The molecule has 1 aliphatic rings. The molecule has 0 radical (unpaired) electrons. The molecule has 2 aromatic heterocycles. The van der Waals surface area contributed by atoms with Crippen molar-refractivity contribution >= 4 is 40.6 Å². The van der Waals surface area contributed by atoms with Gasteiger partial charge in [0.2, 0.25) is 23.2 Å². The standard InChI is InChI=1S/C38H46N8O7/c1-23(2)17-33-43-27-12-11-26-19-30(27)46(33)15-8-13-39-35(49)24(3)42-37(51)28(18-25-9-6-5-7-10-25)44-34(48)22-45(16-14-40-36(26)50)38(52)29-20-31(47)32(53-4)21-41-29/h5-7,9-12,19-21,23-24,28H,8,13-18,22H2,1-4H3,(H,39,49)(H,40,50)(H,41,47)(H,42,51)(H,44,48)/t24-,28+/m1/s1. The number of methoxy groups -OCH3 is 1. The molecule has 5 amide bonds. The largest absolute Gasteiger partial charge is 0.491 e. The second-order valence-corrected chi connectivity index (χ2v) is 13.4. The summed E-state index contributed by atoms with van der Waals surface area (Å²) in [5, 5.41) is 11.2. The maximum absolute atomic E-state index is 13.7. The summed E-state index contributed by atoms with van der Waals surface area (Å²) >= 11 is 0. The monoisotopic (exact) mass is 726 g/mol.